The highest BCUT2D eigenvalue weighted by molar-refractivity contribution is 6.09. The van der Waals surface area contributed by atoms with Crippen molar-refractivity contribution >= 4 is 23.5 Å². The van der Waals surface area contributed by atoms with Crippen LogP contribution in [0.25, 0.3) is 0 Å². The van der Waals surface area contributed by atoms with Crippen molar-refractivity contribution in [1.82, 2.24) is 10.2 Å². The molecular formula is C18H25N3O5. The number of hydrogen-bond donors (Lipinski definition) is 2. The molecule has 1 aliphatic rings. The second-order valence-electron chi connectivity index (χ2n) is 6.41. The number of nitrogens with zero attached hydrogens (tertiary/aromatic N) is 1. The summed E-state index contributed by atoms with van der Waals surface area (Å²) in [5, 5.41) is 5.35. The Labute approximate surface area is 152 Å². The molecule has 1 aromatic rings. The molecule has 1 aliphatic heterocycles. The van der Waals surface area contributed by atoms with Gasteiger partial charge in [-0.15, -0.1) is 0 Å². The van der Waals surface area contributed by atoms with Crippen molar-refractivity contribution in [3.05, 3.63) is 18.2 Å². The predicted molar refractivity (Wildman–Crippen MR) is 96.4 cm³/mol. The van der Waals surface area contributed by atoms with Crippen molar-refractivity contribution in [2.75, 3.05) is 26.1 Å². The molecule has 0 saturated carbocycles. The number of benzene rings is 1. The first-order valence-corrected chi connectivity index (χ1v) is 8.50. The first-order valence-electron chi connectivity index (χ1n) is 8.50. The molecular weight excluding hydrogens is 338 g/mol. The molecule has 0 aliphatic carbocycles. The Morgan fingerprint density at radius 1 is 1.19 bits per heavy atom. The van der Waals surface area contributed by atoms with E-state index in [-0.39, 0.29) is 12.5 Å². The number of unbranched alkanes of at least 4 members (excludes halogenated alkanes) is 1. The summed E-state index contributed by atoms with van der Waals surface area (Å²) in [6, 6.07) is 4.37. The Kier molecular flexibility index (Phi) is 6.07. The number of carbonyl (C=O) groups is 3. The predicted octanol–water partition coefficient (Wildman–Crippen LogP) is 2.14. The lowest BCUT2D eigenvalue weighted by Gasteiger charge is -2.21. The summed E-state index contributed by atoms with van der Waals surface area (Å²) >= 11 is 0. The van der Waals surface area contributed by atoms with Crippen molar-refractivity contribution in [1.29, 1.82) is 0 Å². The second-order valence-corrected chi connectivity index (χ2v) is 6.41. The van der Waals surface area contributed by atoms with Crippen LogP contribution < -0.4 is 20.1 Å². The molecule has 0 spiro atoms. The zero-order chi connectivity index (χ0) is 19.3. The van der Waals surface area contributed by atoms with E-state index in [1.807, 2.05) is 6.92 Å². The Bertz CT molecular complexity index is 684. The highest BCUT2D eigenvalue weighted by atomic mass is 16.5. The van der Waals surface area contributed by atoms with E-state index in [1.54, 1.807) is 25.1 Å². The van der Waals surface area contributed by atoms with Crippen LogP contribution in [0.4, 0.5) is 10.5 Å². The van der Waals surface area contributed by atoms with Crippen LogP contribution in [0.15, 0.2) is 18.2 Å². The SMILES string of the molecule is CCCCC1(C)NC(=O)N(CC(=O)Nc2cc(OC)cc(OC)c2)C1=O. The number of imide groups is 1. The Balaban J connectivity index is 2.06. The lowest BCUT2D eigenvalue weighted by Crippen LogP contribution is -2.44. The van der Waals surface area contributed by atoms with E-state index in [1.165, 1.54) is 14.2 Å². The summed E-state index contributed by atoms with van der Waals surface area (Å²) in [7, 11) is 3.01. The Morgan fingerprint density at radius 2 is 1.81 bits per heavy atom. The molecule has 0 aromatic heterocycles. The molecule has 0 radical (unpaired) electrons. The zero-order valence-corrected chi connectivity index (χ0v) is 15.5. The number of methoxy groups -OCH3 is 2. The fourth-order valence-electron chi connectivity index (χ4n) is 2.81. The molecule has 1 saturated heterocycles. The van der Waals surface area contributed by atoms with Crippen LogP contribution in [0.2, 0.25) is 0 Å². The maximum atomic E-state index is 12.6. The third-order valence-electron chi connectivity index (χ3n) is 4.31. The number of ether oxygens (including phenoxy) is 2. The highest BCUT2D eigenvalue weighted by Gasteiger charge is 2.47. The van der Waals surface area contributed by atoms with Gasteiger partial charge in [-0.3, -0.25) is 14.5 Å². The molecule has 2 N–H and O–H groups in total. The monoisotopic (exact) mass is 363 g/mol. The van der Waals surface area contributed by atoms with Crippen molar-refractivity contribution in [2.45, 2.75) is 38.6 Å². The van der Waals surface area contributed by atoms with Gasteiger partial charge in [-0.2, -0.15) is 0 Å². The van der Waals surface area contributed by atoms with Crippen LogP contribution in [0.3, 0.4) is 0 Å². The van der Waals surface area contributed by atoms with Crippen LogP contribution in [0.1, 0.15) is 33.1 Å². The van der Waals surface area contributed by atoms with Crippen LogP contribution in [-0.4, -0.2) is 49.0 Å². The van der Waals surface area contributed by atoms with E-state index in [4.69, 9.17) is 9.47 Å². The molecule has 1 heterocycles. The van der Waals surface area contributed by atoms with Crippen LogP contribution in [0, 0.1) is 0 Å². The van der Waals surface area contributed by atoms with E-state index in [0.29, 0.717) is 23.6 Å². The first kappa shape index (κ1) is 19.6. The van der Waals surface area contributed by atoms with Gasteiger partial charge in [0.1, 0.15) is 23.6 Å². The lowest BCUT2D eigenvalue weighted by molar-refractivity contribution is -0.133. The lowest BCUT2D eigenvalue weighted by atomic mass is 9.95. The highest BCUT2D eigenvalue weighted by Crippen LogP contribution is 2.26. The smallest absolute Gasteiger partial charge is 0.325 e. The van der Waals surface area contributed by atoms with Gasteiger partial charge in [0.2, 0.25) is 5.91 Å². The van der Waals surface area contributed by atoms with Crippen molar-refractivity contribution in [2.24, 2.45) is 0 Å². The minimum Gasteiger partial charge on any atom is -0.497 e. The molecule has 1 atom stereocenters. The molecule has 142 valence electrons. The number of urea groups is 1. The normalized spacial score (nSPS) is 19.3. The van der Waals surface area contributed by atoms with Gasteiger partial charge in [-0.1, -0.05) is 19.8 Å². The number of hydrogen-bond acceptors (Lipinski definition) is 5. The minimum absolute atomic E-state index is 0.355. The largest absolute Gasteiger partial charge is 0.497 e. The van der Waals surface area contributed by atoms with Gasteiger partial charge in [-0.25, -0.2) is 4.79 Å². The molecule has 0 bridgehead atoms. The van der Waals surface area contributed by atoms with Gasteiger partial charge in [0.15, 0.2) is 0 Å². The zero-order valence-electron chi connectivity index (χ0n) is 15.5. The Morgan fingerprint density at radius 3 is 2.35 bits per heavy atom. The summed E-state index contributed by atoms with van der Waals surface area (Å²) in [6.45, 7) is 3.35. The maximum Gasteiger partial charge on any atom is 0.325 e. The van der Waals surface area contributed by atoms with Crippen molar-refractivity contribution in [3.63, 3.8) is 0 Å². The van der Waals surface area contributed by atoms with Crippen LogP contribution in [0.5, 0.6) is 11.5 Å². The molecule has 4 amide bonds. The molecule has 8 nitrogen and oxygen atoms in total. The van der Waals surface area contributed by atoms with Crippen LogP contribution >= 0.6 is 0 Å². The maximum absolute atomic E-state index is 12.6. The van der Waals surface area contributed by atoms with E-state index in [9.17, 15) is 14.4 Å². The van der Waals surface area contributed by atoms with E-state index in [0.717, 1.165) is 17.7 Å². The molecule has 1 aromatic carbocycles. The molecule has 26 heavy (non-hydrogen) atoms. The third kappa shape index (κ3) is 4.25. The second kappa shape index (κ2) is 8.07. The fraction of sp³-hybridized carbons (Fsp3) is 0.500. The Hall–Kier alpha value is -2.77. The average molecular weight is 363 g/mol. The third-order valence-corrected chi connectivity index (χ3v) is 4.31. The summed E-state index contributed by atoms with van der Waals surface area (Å²) < 4.78 is 10.3. The summed E-state index contributed by atoms with van der Waals surface area (Å²) in [5.74, 6) is 0.168. The molecule has 8 heteroatoms. The average Bonchev–Trinajstić information content (AvgIpc) is 2.83. The van der Waals surface area contributed by atoms with Crippen molar-refractivity contribution < 1.29 is 23.9 Å². The van der Waals surface area contributed by atoms with E-state index < -0.39 is 17.5 Å². The number of anilines is 1. The number of carbonyl (C=O) groups excluding carboxylic acids is 3. The summed E-state index contributed by atoms with van der Waals surface area (Å²) in [4.78, 5) is 37.9. The minimum atomic E-state index is -0.952. The van der Waals surface area contributed by atoms with Gasteiger partial charge in [0, 0.05) is 23.9 Å². The van der Waals surface area contributed by atoms with Gasteiger partial charge >= 0.3 is 6.03 Å². The van der Waals surface area contributed by atoms with Gasteiger partial charge in [0.25, 0.3) is 5.91 Å². The van der Waals surface area contributed by atoms with Gasteiger partial charge in [0.05, 0.1) is 14.2 Å². The summed E-state index contributed by atoms with van der Waals surface area (Å²) in [5.41, 5.74) is -0.501. The fourth-order valence-corrected chi connectivity index (χ4v) is 2.81. The number of nitrogens with one attached hydrogen (secondary N) is 2. The van der Waals surface area contributed by atoms with E-state index >= 15 is 0 Å². The standard InChI is InChI=1S/C18H25N3O5/c1-5-6-7-18(2)16(23)21(17(24)20-18)11-15(22)19-12-8-13(25-3)10-14(9-12)26-4/h8-10H,5-7,11H2,1-4H3,(H,19,22)(H,20,24). The first-order chi connectivity index (χ1) is 12.3. The number of amides is 4. The number of rotatable bonds is 8. The molecule has 1 unspecified atom stereocenters. The van der Waals surface area contributed by atoms with Crippen molar-refractivity contribution in [3.8, 4) is 11.5 Å². The van der Waals surface area contributed by atoms with Gasteiger partial charge in [-0.05, 0) is 13.3 Å². The van der Waals surface area contributed by atoms with Gasteiger partial charge < -0.3 is 20.1 Å². The molecule has 2 rings (SSSR count). The quantitative estimate of drug-likeness (QED) is 0.690. The summed E-state index contributed by atoms with van der Waals surface area (Å²) in [6.07, 6.45) is 2.27. The van der Waals surface area contributed by atoms with Crippen LogP contribution in [-0.2, 0) is 9.59 Å². The topological polar surface area (TPSA) is 97.0 Å². The van der Waals surface area contributed by atoms with E-state index in [2.05, 4.69) is 10.6 Å². The molecule has 1 fully saturated rings.